The number of pyridine rings is 1. The van der Waals surface area contributed by atoms with Crippen LogP contribution in [0.2, 0.25) is 0 Å². The zero-order chi connectivity index (χ0) is 16.4. The second-order valence-corrected chi connectivity index (χ2v) is 5.84. The summed E-state index contributed by atoms with van der Waals surface area (Å²) in [6.07, 6.45) is 0. The highest BCUT2D eigenvalue weighted by atomic mass is 16.4. The number of carboxylic acids is 1. The van der Waals surface area contributed by atoms with Crippen LogP contribution in [0.3, 0.4) is 0 Å². The van der Waals surface area contributed by atoms with Crippen molar-refractivity contribution < 1.29 is 15.0 Å². The smallest absolute Gasteiger partial charge is 0.337 e. The number of rotatable bonds is 4. The Morgan fingerprint density at radius 1 is 1.26 bits per heavy atom. The minimum absolute atomic E-state index is 0.180. The zero-order valence-corrected chi connectivity index (χ0v) is 13.2. The Kier molecular flexibility index (Phi) is 4.45. The number of anilines is 1. The van der Waals surface area contributed by atoms with E-state index in [1.807, 2.05) is 19.1 Å². The summed E-state index contributed by atoms with van der Waals surface area (Å²) in [6.45, 7) is 6.27. The van der Waals surface area contributed by atoms with Gasteiger partial charge < -0.3 is 15.1 Å². The summed E-state index contributed by atoms with van der Waals surface area (Å²) in [7, 11) is 0. The van der Waals surface area contributed by atoms with Crippen molar-refractivity contribution in [2.75, 3.05) is 44.2 Å². The van der Waals surface area contributed by atoms with Crippen LogP contribution in [0.15, 0.2) is 24.3 Å². The number of carboxylic acid groups (broad SMARTS) is 1. The Bertz CT molecular complexity index is 724. The van der Waals surface area contributed by atoms with E-state index in [1.54, 1.807) is 12.1 Å². The SMILES string of the molecule is Cc1cc(N2CCN(CCO)CC2)c2cccc(C(=O)O)c2n1. The Balaban J connectivity index is 1.98. The van der Waals surface area contributed by atoms with Crippen molar-refractivity contribution in [1.29, 1.82) is 0 Å². The van der Waals surface area contributed by atoms with Gasteiger partial charge >= 0.3 is 5.97 Å². The van der Waals surface area contributed by atoms with Crippen molar-refractivity contribution in [3.05, 3.63) is 35.5 Å². The molecule has 3 rings (SSSR count). The molecule has 0 unspecified atom stereocenters. The van der Waals surface area contributed by atoms with E-state index < -0.39 is 5.97 Å². The lowest BCUT2D eigenvalue weighted by molar-refractivity contribution is 0.0699. The van der Waals surface area contributed by atoms with Gasteiger partial charge in [0.05, 0.1) is 17.7 Å². The molecule has 1 fully saturated rings. The number of carbonyl (C=O) groups is 1. The van der Waals surface area contributed by atoms with Gasteiger partial charge in [-0.1, -0.05) is 12.1 Å². The van der Waals surface area contributed by atoms with Crippen molar-refractivity contribution in [1.82, 2.24) is 9.88 Å². The molecule has 2 N–H and O–H groups in total. The predicted octanol–water partition coefficient (Wildman–Crippen LogP) is 1.36. The van der Waals surface area contributed by atoms with Gasteiger partial charge in [-0.15, -0.1) is 0 Å². The normalized spacial score (nSPS) is 16.0. The minimum atomic E-state index is -0.951. The lowest BCUT2D eigenvalue weighted by Crippen LogP contribution is -2.47. The van der Waals surface area contributed by atoms with E-state index in [2.05, 4.69) is 14.8 Å². The molecule has 2 heterocycles. The first-order chi connectivity index (χ1) is 11.1. The third-order valence-corrected chi connectivity index (χ3v) is 4.31. The average Bonchev–Trinajstić information content (AvgIpc) is 2.54. The summed E-state index contributed by atoms with van der Waals surface area (Å²) in [5.74, 6) is -0.951. The zero-order valence-electron chi connectivity index (χ0n) is 13.2. The second-order valence-electron chi connectivity index (χ2n) is 5.84. The van der Waals surface area contributed by atoms with E-state index in [1.165, 1.54) is 0 Å². The number of hydrogen-bond acceptors (Lipinski definition) is 5. The molecule has 1 aromatic heterocycles. The first kappa shape index (κ1) is 15.7. The maximum Gasteiger partial charge on any atom is 0.337 e. The van der Waals surface area contributed by atoms with Gasteiger partial charge in [0.2, 0.25) is 0 Å². The number of aliphatic hydroxyl groups is 1. The molecule has 1 saturated heterocycles. The molecule has 2 aromatic rings. The Hall–Kier alpha value is -2.18. The molecule has 1 aliphatic heterocycles. The maximum absolute atomic E-state index is 11.4. The summed E-state index contributed by atoms with van der Waals surface area (Å²) in [5, 5.41) is 19.3. The molecule has 0 atom stereocenters. The van der Waals surface area contributed by atoms with Gasteiger partial charge in [0.1, 0.15) is 0 Å². The summed E-state index contributed by atoms with van der Waals surface area (Å²) in [5.41, 5.74) is 2.65. The summed E-state index contributed by atoms with van der Waals surface area (Å²) < 4.78 is 0. The van der Waals surface area contributed by atoms with Crippen LogP contribution in [-0.4, -0.2) is 65.4 Å². The van der Waals surface area contributed by atoms with Gasteiger partial charge in [-0.3, -0.25) is 9.88 Å². The van der Waals surface area contributed by atoms with Crippen LogP contribution < -0.4 is 4.90 Å². The molecule has 6 nitrogen and oxygen atoms in total. The van der Waals surface area contributed by atoms with Crippen molar-refractivity contribution >= 4 is 22.6 Å². The number of para-hydroxylation sites is 1. The fourth-order valence-electron chi connectivity index (χ4n) is 3.14. The summed E-state index contributed by atoms with van der Waals surface area (Å²) >= 11 is 0. The Labute approximate surface area is 135 Å². The van der Waals surface area contributed by atoms with Gasteiger partial charge in [0.15, 0.2) is 0 Å². The number of nitrogens with zero attached hydrogens (tertiary/aromatic N) is 3. The fraction of sp³-hybridized carbons (Fsp3) is 0.412. The molecule has 23 heavy (non-hydrogen) atoms. The molecule has 0 radical (unpaired) electrons. The minimum Gasteiger partial charge on any atom is -0.478 e. The Morgan fingerprint density at radius 2 is 2.00 bits per heavy atom. The molecular formula is C17H21N3O3. The number of fused-ring (bicyclic) bond motifs is 1. The topological polar surface area (TPSA) is 76.9 Å². The van der Waals surface area contributed by atoms with Gasteiger partial charge in [-0.2, -0.15) is 0 Å². The molecule has 1 aliphatic rings. The van der Waals surface area contributed by atoms with Gasteiger partial charge in [0.25, 0.3) is 0 Å². The molecule has 1 aromatic carbocycles. The van der Waals surface area contributed by atoms with Gasteiger partial charge in [0, 0.05) is 49.5 Å². The molecule has 0 amide bonds. The van der Waals surface area contributed by atoms with E-state index in [0.717, 1.165) is 42.9 Å². The highest BCUT2D eigenvalue weighted by Gasteiger charge is 2.20. The van der Waals surface area contributed by atoms with Gasteiger partial charge in [-0.25, -0.2) is 4.79 Å². The quantitative estimate of drug-likeness (QED) is 0.887. The van der Waals surface area contributed by atoms with Crippen LogP contribution >= 0.6 is 0 Å². The van der Waals surface area contributed by atoms with Crippen molar-refractivity contribution in [3.63, 3.8) is 0 Å². The van der Waals surface area contributed by atoms with E-state index in [4.69, 9.17) is 5.11 Å². The van der Waals surface area contributed by atoms with E-state index >= 15 is 0 Å². The van der Waals surface area contributed by atoms with Gasteiger partial charge in [-0.05, 0) is 19.1 Å². The van der Waals surface area contributed by atoms with Crippen molar-refractivity contribution in [3.8, 4) is 0 Å². The number of piperazine rings is 1. The van der Waals surface area contributed by atoms with E-state index in [-0.39, 0.29) is 12.2 Å². The molecular weight excluding hydrogens is 294 g/mol. The number of benzene rings is 1. The van der Waals surface area contributed by atoms with Crippen LogP contribution in [0.4, 0.5) is 5.69 Å². The van der Waals surface area contributed by atoms with Crippen LogP contribution in [0, 0.1) is 6.92 Å². The maximum atomic E-state index is 11.4. The average molecular weight is 315 g/mol. The first-order valence-corrected chi connectivity index (χ1v) is 7.82. The lowest BCUT2D eigenvalue weighted by atomic mass is 10.1. The van der Waals surface area contributed by atoms with Crippen molar-refractivity contribution in [2.45, 2.75) is 6.92 Å². The number of aromatic nitrogens is 1. The molecule has 6 heteroatoms. The van der Waals surface area contributed by atoms with E-state index in [0.29, 0.717) is 12.1 Å². The first-order valence-electron chi connectivity index (χ1n) is 7.82. The van der Waals surface area contributed by atoms with Crippen LogP contribution in [0.5, 0.6) is 0 Å². The number of β-amino-alcohol motifs (C(OH)–C–C–N with tert-alkyl or cyclic N) is 1. The number of hydrogen-bond donors (Lipinski definition) is 2. The highest BCUT2D eigenvalue weighted by molar-refractivity contribution is 6.05. The van der Waals surface area contributed by atoms with Crippen molar-refractivity contribution in [2.24, 2.45) is 0 Å². The Morgan fingerprint density at radius 3 is 2.65 bits per heavy atom. The largest absolute Gasteiger partial charge is 0.478 e. The van der Waals surface area contributed by atoms with Crippen LogP contribution in [0.1, 0.15) is 16.1 Å². The molecule has 0 saturated carbocycles. The number of aryl methyl sites for hydroxylation is 1. The lowest BCUT2D eigenvalue weighted by Gasteiger charge is -2.36. The third kappa shape index (κ3) is 3.13. The monoisotopic (exact) mass is 315 g/mol. The second kappa shape index (κ2) is 6.52. The molecule has 0 bridgehead atoms. The molecule has 0 spiro atoms. The third-order valence-electron chi connectivity index (χ3n) is 4.31. The number of aliphatic hydroxyl groups excluding tert-OH is 1. The van der Waals surface area contributed by atoms with Crippen LogP contribution in [-0.2, 0) is 0 Å². The van der Waals surface area contributed by atoms with E-state index in [9.17, 15) is 9.90 Å². The highest BCUT2D eigenvalue weighted by Crippen LogP contribution is 2.29. The summed E-state index contributed by atoms with van der Waals surface area (Å²) in [6, 6.07) is 7.33. The fourth-order valence-corrected chi connectivity index (χ4v) is 3.14. The number of aromatic carboxylic acids is 1. The molecule has 0 aliphatic carbocycles. The summed E-state index contributed by atoms with van der Waals surface area (Å²) in [4.78, 5) is 20.4. The predicted molar refractivity (Wildman–Crippen MR) is 89.2 cm³/mol. The van der Waals surface area contributed by atoms with Crippen LogP contribution in [0.25, 0.3) is 10.9 Å². The standard InChI is InChI=1S/C17H21N3O3/c1-12-11-15(20-7-5-19(6-8-20)9-10-21)13-3-2-4-14(17(22)23)16(13)18-12/h2-4,11,21H,5-10H2,1H3,(H,22,23). The molecule has 122 valence electrons.